The number of hydrogen-bond acceptors (Lipinski definition) is 5. The van der Waals surface area contributed by atoms with Crippen molar-refractivity contribution in [3.05, 3.63) is 23.8 Å². The van der Waals surface area contributed by atoms with E-state index < -0.39 is 10.0 Å². The van der Waals surface area contributed by atoms with E-state index in [1.807, 2.05) is 6.07 Å². The second-order valence-electron chi connectivity index (χ2n) is 6.11. The summed E-state index contributed by atoms with van der Waals surface area (Å²) >= 11 is 0. The molecule has 0 bridgehead atoms. The fraction of sp³-hybridized carbons (Fsp3) is 0.600. The molecule has 122 valence electrons. The minimum atomic E-state index is -3.54. The van der Waals surface area contributed by atoms with E-state index >= 15 is 0 Å². The van der Waals surface area contributed by atoms with Crippen molar-refractivity contribution in [2.45, 2.75) is 35.7 Å². The summed E-state index contributed by atoms with van der Waals surface area (Å²) in [6.45, 7) is 2.54. The molecule has 0 radical (unpaired) electrons. The van der Waals surface area contributed by atoms with Gasteiger partial charge in [0, 0.05) is 5.92 Å². The fourth-order valence-electron chi connectivity index (χ4n) is 3.54. The van der Waals surface area contributed by atoms with Gasteiger partial charge in [0.2, 0.25) is 10.0 Å². The average molecular weight is 325 g/mol. The van der Waals surface area contributed by atoms with Crippen molar-refractivity contribution in [3.63, 3.8) is 0 Å². The number of rotatable bonds is 3. The normalized spacial score (nSPS) is 24.7. The Bertz CT molecular complexity index is 654. The van der Waals surface area contributed by atoms with Crippen molar-refractivity contribution < 1.29 is 13.2 Å². The molecule has 1 aromatic rings. The predicted octanol–water partition coefficient (Wildman–Crippen LogP) is 0.803. The van der Waals surface area contributed by atoms with E-state index in [1.165, 1.54) is 7.05 Å². The van der Waals surface area contributed by atoms with Crippen LogP contribution in [0, 0.1) is 0 Å². The van der Waals surface area contributed by atoms with Crippen LogP contribution in [0.2, 0.25) is 0 Å². The lowest BCUT2D eigenvalue weighted by molar-refractivity contribution is -0.0193. The maximum Gasteiger partial charge on any atom is 0.242 e. The molecule has 4 N–H and O–H groups in total. The number of ether oxygens (including phenoxy) is 1. The van der Waals surface area contributed by atoms with Gasteiger partial charge in [-0.1, -0.05) is 12.1 Å². The van der Waals surface area contributed by atoms with Crippen molar-refractivity contribution in [2.75, 3.05) is 32.5 Å². The lowest BCUT2D eigenvalue weighted by Gasteiger charge is -2.33. The first-order chi connectivity index (χ1) is 10.5. The summed E-state index contributed by atoms with van der Waals surface area (Å²) in [6, 6.07) is 5.21. The Kier molecular flexibility index (Phi) is 4.15. The third-order valence-corrected chi connectivity index (χ3v) is 6.29. The standard InChI is InChI=1S/C15H23N3O3S/c1-17-22(19,20)13-4-2-3-12(14(13)16)11-9-15(21-10-11)5-7-18-8-6-15/h2-4,11,17-18H,5-10,16H2,1H3. The molecule has 1 aromatic carbocycles. The van der Waals surface area contributed by atoms with E-state index in [9.17, 15) is 8.42 Å². The first-order valence-electron chi connectivity index (χ1n) is 7.64. The molecule has 2 aliphatic rings. The molecule has 22 heavy (non-hydrogen) atoms. The minimum absolute atomic E-state index is 0.0692. The van der Waals surface area contributed by atoms with E-state index in [0.717, 1.165) is 37.9 Å². The molecule has 2 heterocycles. The first kappa shape index (κ1) is 15.7. The zero-order chi connectivity index (χ0) is 15.8. The molecule has 6 nitrogen and oxygen atoms in total. The van der Waals surface area contributed by atoms with Crippen molar-refractivity contribution in [3.8, 4) is 0 Å². The number of anilines is 1. The largest absolute Gasteiger partial charge is 0.397 e. The number of nitrogen functional groups attached to an aromatic ring is 1. The van der Waals surface area contributed by atoms with E-state index in [2.05, 4.69) is 10.0 Å². The number of sulfonamides is 1. The van der Waals surface area contributed by atoms with Crippen LogP contribution in [0.4, 0.5) is 5.69 Å². The molecule has 1 unspecified atom stereocenters. The third-order valence-electron chi connectivity index (χ3n) is 4.82. The topological polar surface area (TPSA) is 93.5 Å². The van der Waals surface area contributed by atoms with Gasteiger partial charge >= 0.3 is 0 Å². The molecule has 0 aliphatic carbocycles. The van der Waals surface area contributed by atoms with Gasteiger partial charge in [0.1, 0.15) is 4.90 Å². The molecule has 3 rings (SSSR count). The molecule has 2 fully saturated rings. The molecule has 7 heteroatoms. The molecule has 0 aromatic heterocycles. The van der Waals surface area contributed by atoms with Crippen LogP contribution in [0.1, 0.15) is 30.7 Å². The molecule has 0 amide bonds. The van der Waals surface area contributed by atoms with Gasteiger partial charge in [0.05, 0.1) is 17.9 Å². The highest BCUT2D eigenvalue weighted by Crippen LogP contribution is 2.43. The van der Waals surface area contributed by atoms with Crippen LogP contribution in [-0.4, -0.2) is 40.8 Å². The third kappa shape index (κ3) is 2.74. The van der Waals surface area contributed by atoms with Gasteiger partial charge in [0.15, 0.2) is 0 Å². The Morgan fingerprint density at radius 2 is 2.09 bits per heavy atom. The summed E-state index contributed by atoms with van der Waals surface area (Å²) in [5.74, 6) is 0.158. The van der Waals surface area contributed by atoms with Crippen molar-refractivity contribution in [1.29, 1.82) is 0 Å². The summed E-state index contributed by atoms with van der Waals surface area (Å²) < 4.78 is 32.5. The molecular weight excluding hydrogens is 302 g/mol. The average Bonchev–Trinajstić information content (AvgIpc) is 2.91. The summed E-state index contributed by atoms with van der Waals surface area (Å²) in [4.78, 5) is 0.152. The molecule has 1 spiro atoms. The summed E-state index contributed by atoms with van der Waals surface area (Å²) in [7, 11) is -2.15. The zero-order valence-electron chi connectivity index (χ0n) is 12.8. The molecule has 2 aliphatic heterocycles. The highest BCUT2D eigenvalue weighted by molar-refractivity contribution is 7.89. The lowest BCUT2D eigenvalue weighted by atomic mass is 9.83. The van der Waals surface area contributed by atoms with Crippen molar-refractivity contribution in [2.24, 2.45) is 0 Å². The summed E-state index contributed by atoms with van der Waals surface area (Å²) in [6.07, 6.45) is 2.90. The van der Waals surface area contributed by atoms with Crippen molar-refractivity contribution in [1.82, 2.24) is 10.0 Å². The van der Waals surface area contributed by atoms with Gasteiger partial charge < -0.3 is 15.8 Å². The predicted molar refractivity (Wildman–Crippen MR) is 85.2 cm³/mol. The monoisotopic (exact) mass is 325 g/mol. The van der Waals surface area contributed by atoms with Gasteiger partial charge in [0.25, 0.3) is 0 Å². The molecule has 1 atom stereocenters. The smallest absolute Gasteiger partial charge is 0.242 e. The van der Waals surface area contributed by atoms with Gasteiger partial charge in [-0.3, -0.25) is 0 Å². The Labute approximate surface area is 131 Å². The molecule has 2 saturated heterocycles. The van der Waals surface area contributed by atoms with Crippen LogP contribution in [0.25, 0.3) is 0 Å². The van der Waals surface area contributed by atoms with E-state index in [4.69, 9.17) is 10.5 Å². The Morgan fingerprint density at radius 3 is 2.77 bits per heavy atom. The highest BCUT2D eigenvalue weighted by atomic mass is 32.2. The molecular formula is C15H23N3O3S. The van der Waals surface area contributed by atoms with Crippen LogP contribution in [0.5, 0.6) is 0 Å². The second kappa shape index (κ2) is 5.81. The van der Waals surface area contributed by atoms with E-state index in [-0.39, 0.29) is 16.4 Å². The Balaban J connectivity index is 1.89. The Hall–Kier alpha value is -1.15. The van der Waals surface area contributed by atoms with Gasteiger partial charge in [-0.05, 0) is 51.0 Å². The number of benzene rings is 1. The van der Waals surface area contributed by atoms with E-state index in [0.29, 0.717) is 12.3 Å². The quantitative estimate of drug-likeness (QED) is 0.715. The van der Waals surface area contributed by atoms with E-state index in [1.54, 1.807) is 12.1 Å². The lowest BCUT2D eigenvalue weighted by Crippen LogP contribution is -2.41. The van der Waals surface area contributed by atoms with Crippen LogP contribution >= 0.6 is 0 Å². The van der Waals surface area contributed by atoms with Gasteiger partial charge in [-0.25, -0.2) is 13.1 Å². The van der Waals surface area contributed by atoms with Gasteiger partial charge in [-0.15, -0.1) is 0 Å². The number of nitrogens with one attached hydrogen (secondary N) is 2. The SMILES string of the molecule is CNS(=O)(=O)c1cccc(C2COC3(CCNCC3)C2)c1N. The second-order valence-corrected chi connectivity index (χ2v) is 7.97. The fourth-order valence-corrected chi connectivity index (χ4v) is 4.42. The number of piperidine rings is 1. The molecule has 0 saturated carbocycles. The van der Waals surface area contributed by atoms with Crippen LogP contribution in [-0.2, 0) is 14.8 Å². The zero-order valence-corrected chi connectivity index (χ0v) is 13.6. The first-order valence-corrected chi connectivity index (χ1v) is 9.12. The highest BCUT2D eigenvalue weighted by Gasteiger charge is 2.42. The van der Waals surface area contributed by atoms with Crippen molar-refractivity contribution >= 4 is 15.7 Å². The van der Waals surface area contributed by atoms with Crippen LogP contribution in [0.15, 0.2) is 23.1 Å². The Morgan fingerprint density at radius 1 is 1.36 bits per heavy atom. The summed E-state index contributed by atoms with van der Waals surface area (Å²) in [5, 5.41) is 3.35. The maximum atomic E-state index is 12.1. The maximum absolute atomic E-state index is 12.1. The van der Waals surface area contributed by atoms with Gasteiger partial charge in [-0.2, -0.15) is 0 Å². The minimum Gasteiger partial charge on any atom is -0.397 e. The van der Waals surface area contributed by atoms with Crippen LogP contribution in [0.3, 0.4) is 0 Å². The number of nitrogens with two attached hydrogens (primary N) is 1. The summed E-state index contributed by atoms with van der Waals surface area (Å²) in [5.41, 5.74) is 7.31. The van der Waals surface area contributed by atoms with Crippen LogP contribution < -0.4 is 15.8 Å². The number of hydrogen-bond donors (Lipinski definition) is 3. The number of para-hydroxylation sites is 1.